The van der Waals surface area contributed by atoms with Gasteiger partial charge < -0.3 is 10.4 Å². The molecule has 0 bridgehead atoms. The summed E-state index contributed by atoms with van der Waals surface area (Å²) in [7, 11) is 0. The van der Waals surface area contributed by atoms with Gasteiger partial charge in [-0.05, 0) is 12.1 Å². The summed E-state index contributed by atoms with van der Waals surface area (Å²) in [5.41, 5.74) is -0.409. The molecule has 0 spiro atoms. The molecule has 0 aromatic heterocycles. The molecule has 0 unspecified atom stereocenters. The molecule has 0 fully saturated rings. The van der Waals surface area contributed by atoms with Crippen LogP contribution in [0.4, 0.5) is 15.8 Å². The quantitative estimate of drug-likeness (QED) is 0.650. The first-order valence-electron chi connectivity index (χ1n) is 5.73. The zero-order chi connectivity index (χ0) is 16.4. The summed E-state index contributed by atoms with van der Waals surface area (Å²) in [5, 5.41) is 22.1. The molecule has 2 aromatic rings. The largest absolute Gasteiger partial charge is 0.507 e. The van der Waals surface area contributed by atoms with Crippen molar-refractivity contribution >= 4 is 40.5 Å². The Hall–Kier alpha value is -2.38. The Morgan fingerprint density at radius 3 is 2.50 bits per heavy atom. The molecule has 0 aliphatic rings. The van der Waals surface area contributed by atoms with Gasteiger partial charge in [0.15, 0.2) is 0 Å². The zero-order valence-corrected chi connectivity index (χ0v) is 12.2. The fourth-order valence-corrected chi connectivity index (χ4v) is 2.01. The van der Waals surface area contributed by atoms with Crippen molar-refractivity contribution in [1.82, 2.24) is 0 Å². The summed E-state index contributed by atoms with van der Waals surface area (Å²) in [6.45, 7) is 0. The third-order valence-corrected chi connectivity index (χ3v) is 3.30. The van der Waals surface area contributed by atoms with Crippen LogP contribution >= 0.6 is 23.2 Å². The summed E-state index contributed by atoms with van der Waals surface area (Å²) in [5.74, 6) is -2.27. The van der Waals surface area contributed by atoms with Gasteiger partial charge in [-0.25, -0.2) is 4.39 Å². The number of phenolic OH excluding ortho intramolecular Hbond substituents is 1. The number of anilines is 1. The molecular weight excluding hydrogens is 338 g/mol. The second kappa shape index (κ2) is 6.17. The van der Waals surface area contributed by atoms with Gasteiger partial charge in [0.2, 0.25) is 0 Å². The lowest BCUT2D eigenvalue weighted by atomic mass is 10.1. The van der Waals surface area contributed by atoms with E-state index in [1.165, 1.54) is 6.07 Å². The molecule has 114 valence electrons. The number of nitrogens with zero attached hydrogens (tertiary/aromatic N) is 1. The first-order valence-corrected chi connectivity index (χ1v) is 6.48. The summed E-state index contributed by atoms with van der Waals surface area (Å²) in [4.78, 5) is 22.0. The molecule has 6 nitrogen and oxygen atoms in total. The van der Waals surface area contributed by atoms with Crippen molar-refractivity contribution in [3.63, 3.8) is 0 Å². The van der Waals surface area contributed by atoms with Gasteiger partial charge in [-0.15, -0.1) is 0 Å². The first kappa shape index (κ1) is 16.0. The zero-order valence-electron chi connectivity index (χ0n) is 10.6. The van der Waals surface area contributed by atoms with E-state index in [0.29, 0.717) is 6.07 Å². The molecule has 0 aliphatic carbocycles. The van der Waals surface area contributed by atoms with Gasteiger partial charge in [0.05, 0.1) is 26.2 Å². The molecule has 0 saturated heterocycles. The number of phenols is 1. The van der Waals surface area contributed by atoms with Crippen molar-refractivity contribution < 1.29 is 19.2 Å². The Bertz CT molecular complexity index is 783. The van der Waals surface area contributed by atoms with Crippen LogP contribution in [0.25, 0.3) is 0 Å². The Labute approximate surface area is 133 Å². The maximum atomic E-state index is 13.1. The fraction of sp³-hybridized carbons (Fsp3) is 0. The Morgan fingerprint density at radius 2 is 1.91 bits per heavy atom. The number of hydrogen-bond acceptors (Lipinski definition) is 4. The van der Waals surface area contributed by atoms with Crippen molar-refractivity contribution in [3.05, 3.63) is 61.9 Å². The van der Waals surface area contributed by atoms with E-state index in [9.17, 15) is 24.4 Å². The second-order valence-electron chi connectivity index (χ2n) is 4.16. The SMILES string of the molecule is O=C(Nc1ccc([N+](=O)[O-])cc1Cl)c1cc(Cl)c(F)cc1O. The normalized spacial score (nSPS) is 10.3. The highest BCUT2D eigenvalue weighted by Crippen LogP contribution is 2.29. The number of non-ortho nitro benzene ring substituents is 1. The van der Waals surface area contributed by atoms with Crippen LogP contribution < -0.4 is 5.32 Å². The van der Waals surface area contributed by atoms with Gasteiger partial charge in [0.1, 0.15) is 11.6 Å². The van der Waals surface area contributed by atoms with Crippen LogP contribution in [0.2, 0.25) is 10.0 Å². The van der Waals surface area contributed by atoms with Crippen molar-refractivity contribution in [1.29, 1.82) is 0 Å². The Morgan fingerprint density at radius 1 is 1.23 bits per heavy atom. The maximum Gasteiger partial charge on any atom is 0.271 e. The molecule has 0 atom stereocenters. The third kappa shape index (κ3) is 3.26. The Balaban J connectivity index is 2.30. The first-order chi connectivity index (χ1) is 10.3. The number of nitro groups is 1. The fourth-order valence-electron chi connectivity index (χ4n) is 1.63. The number of hydrogen-bond donors (Lipinski definition) is 2. The molecule has 2 rings (SSSR count). The van der Waals surface area contributed by atoms with E-state index >= 15 is 0 Å². The van der Waals surface area contributed by atoms with E-state index < -0.39 is 22.4 Å². The van der Waals surface area contributed by atoms with Crippen LogP contribution in [0, 0.1) is 15.9 Å². The number of nitro benzene ring substituents is 1. The lowest BCUT2D eigenvalue weighted by molar-refractivity contribution is -0.384. The second-order valence-corrected chi connectivity index (χ2v) is 4.97. The van der Waals surface area contributed by atoms with Gasteiger partial charge >= 0.3 is 0 Å². The van der Waals surface area contributed by atoms with E-state index in [1.807, 2.05) is 0 Å². The van der Waals surface area contributed by atoms with E-state index in [0.717, 1.165) is 18.2 Å². The third-order valence-electron chi connectivity index (χ3n) is 2.69. The number of carbonyl (C=O) groups is 1. The molecule has 9 heteroatoms. The predicted octanol–water partition coefficient (Wildman–Crippen LogP) is 4.00. The van der Waals surface area contributed by atoms with Crippen molar-refractivity contribution in [3.8, 4) is 5.75 Å². The van der Waals surface area contributed by atoms with Gasteiger partial charge in [-0.3, -0.25) is 14.9 Å². The monoisotopic (exact) mass is 344 g/mol. The number of amides is 1. The van der Waals surface area contributed by atoms with E-state index in [2.05, 4.69) is 5.32 Å². The molecule has 0 heterocycles. The highest BCUT2D eigenvalue weighted by Gasteiger charge is 2.17. The minimum Gasteiger partial charge on any atom is -0.507 e. The number of benzene rings is 2. The van der Waals surface area contributed by atoms with Crippen LogP contribution in [0.1, 0.15) is 10.4 Å². The summed E-state index contributed by atoms with van der Waals surface area (Å²) in [6.07, 6.45) is 0. The maximum absolute atomic E-state index is 13.1. The standard InChI is InChI=1S/C13H7Cl2FN2O4/c14-8-4-7(12(19)5-10(8)16)13(20)17-11-2-1-6(18(21)22)3-9(11)15/h1-5,19H,(H,17,20). The summed E-state index contributed by atoms with van der Waals surface area (Å²) < 4.78 is 13.1. The minimum atomic E-state index is -0.871. The number of halogens is 3. The van der Waals surface area contributed by atoms with Gasteiger partial charge in [0.25, 0.3) is 11.6 Å². The predicted molar refractivity (Wildman–Crippen MR) is 79.1 cm³/mol. The van der Waals surface area contributed by atoms with E-state index in [1.54, 1.807) is 0 Å². The minimum absolute atomic E-state index is 0.0600. The van der Waals surface area contributed by atoms with E-state index in [4.69, 9.17) is 23.2 Å². The number of carbonyl (C=O) groups excluding carboxylic acids is 1. The Kier molecular flexibility index (Phi) is 4.48. The van der Waals surface area contributed by atoms with Crippen LogP contribution in [-0.4, -0.2) is 15.9 Å². The van der Waals surface area contributed by atoms with Crippen molar-refractivity contribution in [2.75, 3.05) is 5.32 Å². The highest BCUT2D eigenvalue weighted by atomic mass is 35.5. The molecule has 1 amide bonds. The highest BCUT2D eigenvalue weighted by molar-refractivity contribution is 6.34. The molecule has 0 saturated carbocycles. The van der Waals surface area contributed by atoms with Crippen LogP contribution in [0.3, 0.4) is 0 Å². The number of rotatable bonds is 3. The van der Waals surface area contributed by atoms with Crippen molar-refractivity contribution in [2.45, 2.75) is 0 Å². The van der Waals surface area contributed by atoms with Gasteiger partial charge in [-0.1, -0.05) is 23.2 Å². The van der Waals surface area contributed by atoms with Crippen LogP contribution in [0.5, 0.6) is 5.75 Å². The summed E-state index contributed by atoms with van der Waals surface area (Å²) in [6, 6.07) is 5.11. The summed E-state index contributed by atoms with van der Waals surface area (Å²) >= 11 is 11.4. The molecular formula is C13H7Cl2FN2O4. The van der Waals surface area contributed by atoms with Gasteiger partial charge in [-0.2, -0.15) is 0 Å². The van der Waals surface area contributed by atoms with Gasteiger partial charge in [0, 0.05) is 18.2 Å². The molecule has 0 radical (unpaired) electrons. The average molecular weight is 345 g/mol. The van der Waals surface area contributed by atoms with E-state index in [-0.39, 0.29) is 27.0 Å². The van der Waals surface area contributed by atoms with Crippen LogP contribution in [0.15, 0.2) is 30.3 Å². The average Bonchev–Trinajstić information content (AvgIpc) is 2.44. The topological polar surface area (TPSA) is 92.5 Å². The molecule has 2 N–H and O–H groups in total. The molecule has 0 aliphatic heterocycles. The lowest BCUT2D eigenvalue weighted by Gasteiger charge is -2.09. The van der Waals surface area contributed by atoms with Crippen molar-refractivity contribution in [2.24, 2.45) is 0 Å². The smallest absolute Gasteiger partial charge is 0.271 e. The van der Waals surface area contributed by atoms with Crippen LogP contribution in [-0.2, 0) is 0 Å². The number of aromatic hydroxyl groups is 1. The lowest BCUT2D eigenvalue weighted by Crippen LogP contribution is -2.12. The number of nitrogens with one attached hydrogen (secondary N) is 1. The molecule has 22 heavy (non-hydrogen) atoms. The molecule has 2 aromatic carbocycles.